The van der Waals surface area contributed by atoms with Crippen molar-refractivity contribution in [3.63, 3.8) is 0 Å². The normalized spacial score (nSPS) is 12.4. The Hall–Kier alpha value is -2.17. The number of aryl methyl sites for hydroxylation is 1. The Labute approximate surface area is 98.7 Å². The highest BCUT2D eigenvalue weighted by Crippen LogP contribution is 2.14. The van der Waals surface area contributed by atoms with E-state index in [1.807, 2.05) is 31.2 Å². The zero-order chi connectivity index (χ0) is 12.4. The van der Waals surface area contributed by atoms with Crippen molar-refractivity contribution >= 4 is 5.97 Å². The summed E-state index contributed by atoms with van der Waals surface area (Å²) in [5, 5.41) is 16.7. The number of hydrogen-bond donors (Lipinski definition) is 1. The van der Waals surface area contributed by atoms with Crippen molar-refractivity contribution in [2.24, 2.45) is 0 Å². The van der Waals surface area contributed by atoms with Crippen molar-refractivity contribution in [1.82, 2.24) is 15.0 Å². The average molecular weight is 231 g/mol. The van der Waals surface area contributed by atoms with Crippen molar-refractivity contribution in [2.75, 3.05) is 0 Å². The Morgan fingerprint density at radius 1 is 1.47 bits per heavy atom. The predicted octanol–water partition coefficient (Wildman–Crippen LogP) is 1.76. The number of carbonyl (C=O) groups is 1. The van der Waals surface area contributed by atoms with E-state index in [2.05, 4.69) is 10.3 Å². The first-order chi connectivity index (χ1) is 8.08. The Morgan fingerprint density at radius 2 is 2.24 bits per heavy atom. The van der Waals surface area contributed by atoms with Crippen molar-refractivity contribution < 1.29 is 9.90 Å². The van der Waals surface area contributed by atoms with Crippen LogP contribution in [-0.2, 0) is 4.79 Å². The number of aromatic nitrogens is 3. The number of nitrogens with zero attached hydrogens (tertiary/aromatic N) is 3. The summed E-state index contributed by atoms with van der Waals surface area (Å²) in [6, 6.07) is 7.77. The molecule has 2 aromatic rings. The summed E-state index contributed by atoms with van der Waals surface area (Å²) < 4.78 is 1.59. The number of carboxylic acid groups (broad SMARTS) is 1. The number of rotatable bonds is 3. The van der Waals surface area contributed by atoms with Crippen molar-refractivity contribution in [2.45, 2.75) is 19.8 Å². The molecule has 1 unspecified atom stereocenters. The third kappa shape index (κ3) is 2.33. The van der Waals surface area contributed by atoms with Crippen LogP contribution >= 0.6 is 0 Å². The third-order valence-electron chi connectivity index (χ3n) is 2.59. The molecular formula is C12H13N3O2. The second-order valence-electron chi connectivity index (χ2n) is 3.99. The van der Waals surface area contributed by atoms with Gasteiger partial charge in [-0.2, -0.15) is 0 Å². The Kier molecular flexibility index (Phi) is 2.91. The summed E-state index contributed by atoms with van der Waals surface area (Å²) in [4.78, 5) is 10.8. The minimum atomic E-state index is -0.902. The fourth-order valence-corrected chi connectivity index (χ4v) is 1.50. The maximum atomic E-state index is 10.8. The summed E-state index contributed by atoms with van der Waals surface area (Å²) >= 11 is 0. The molecule has 0 spiro atoms. The lowest BCUT2D eigenvalue weighted by molar-refractivity contribution is -0.138. The molecule has 5 nitrogen and oxygen atoms in total. The average Bonchev–Trinajstić information content (AvgIpc) is 2.77. The molecule has 0 aliphatic heterocycles. The van der Waals surface area contributed by atoms with Crippen LogP contribution in [0.3, 0.4) is 0 Å². The standard InChI is InChI=1S/C12H13N3O2/c1-8-4-3-5-10(6-8)15-7-11(13-14-15)9(2)12(16)17/h3-7,9H,1-2H3,(H,16,17). The van der Waals surface area contributed by atoms with Crippen molar-refractivity contribution in [1.29, 1.82) is 0 Å². The van der Waals surface area contributed by atoms with Crippen LogP contribution in [0.1, 0.15) is 24.1 Å². The van der Waals surface area contributed by atoms with Crippen LogP contribution in [0.5, 0.6) is 0 Å². The van der Waals surface area contributed by atoms with Gasteiger partial charge in [0.1, 0.15) is 0 Å². The van der Waals surface area contributed by atoms with E-state index in [1.165, 1.54) is 0 Å². The largest absolute Gasteiger partial charge is 0.481 e. The van der Waals surface area contributed by atoms with Gasteiger partial charge in [-0.3, -0.25) is 4.79 Å². The Bertz CT molecular complexity index is 548. The summed E-state index contributed by atoms with van der Waals surface area (Å²) in [6.07, 6.45) is 1.65. The van der Waals surface area contributed by atoms with Gasteiger partial charge in [0, 0.05) is 0 Å². The highest BCUT2D eigenvalue weighted by Gasteiger charge is 2.17. The molecule has 0 radical (unpaired) electrons. The molecule has 0 amide bonds. The van der Waals surface area contributed by atoms with Gasteiger partial charge < -0.3 is 5.11 Å². The van der Waals surface area contributed by atoms with Crippen LogP contribution in [0.4, 0.5) is 0 Å². The van der Waals surface area contributed by atoms with E-state index >= 15 is 0 Å². The van der Waals surface area contributed by atoms with Crippen LogP contribution in [0.2, 0.25) is 0 Å². The number of aliphatic carboxylic acids is 1. The van der Waals surface area contributed by atoms with Crippen LogP contribution in [0.25, 0.3) is 5.69 Å². The molecular weight excluding hydrogens is 218 g/mol. The smallest absolute Gasteiger partial charge is 0.312 e. The first-order valence-corrected chi connectivity index (χ1v) is 5.30. The van der Waals surface area contributed by atoms with Gasteiger partial charge in [0.25, 0.3) is 0 Å². The molecule has 88 valence electrons. The first-order valence-electron chi connectivity index (χ1n) is 5.30. The van der Waals surface area contributed by atoms with Gasteiger partial charge in [0.05, 0.1) is 23.5 Å². The fraction of sp³-hybridized carbons (Fsp3) is 0.250. The minimum Gasteiger partial charge on any atom is -0.481 e. The molecule has 1 aromatic heterocycles. The highest BCUT2D eigenvalue weighted by atomic mass is 16.4. The monoisotopic (exact) mass is 231 g/mol. The van der Waals surface area contributed by atoms with E-state index in [1.54, 1.807) is 17.8 Å². The lowest BCUT2D eigenvalue weighted by Gasteiger charge is -2.01. The van der Waals surface area contributed by atoms with Crippen LogP contribution < -0.4 is 0 Å². The molecule has 5 heteroatoms. The quantitative estimate of drug-likeness (QED) is 0.874. The van der Waals surface area contributed by atoms with E-state index in [-0.39, 0.29) is 0 Å². The van der Waals surface area contributed by atoms with Crippen LogP contribution in [0, 0.1) is 6.92 Å². The van der Waals surface area contributed by atoms with Crippen molar-refractivity contribution in [3.8, 4) is 5.69 Å². The summed E-state index contributed by atoms with van der Waals surface area (Å²) in [5.74, 6) is -1.55. The van der Waals surface area contributed by atoms with Gasteiger partial charge in [-0.25, -0.2) is 4.68 Å². The SMILES string of the molecule is Cc1cccc(-n2cc(C(C)C(=O)O)nn2)c1. The zero-order valence-electron chi connectivity index (χ0n) is 9.66. The van der Waals surface area contributed by atoms with E-state index in [4.69, 9.17) is 5.11 Å². The van der Waals surface area contributed by atoms with Gasteiger partial charge in [0.15, 0.2) is 0 Å². The molecule has 0 saturated heterocycles. The molecule has 0 fully saturated rings. The Balaban J connectivity index is 2.33. The molecule has 1 aromatic carbocycles. The van der Waals surface area contributed by atoms with E-state index in [9.17, 15) is 4.79 Å². The highest BCUT2D eigenvalue weighted by molar-refractivity contribution is 5.74. The maximum Gasteiger partial charge on any atom is 0.312 e. The Morgan fingerprint density at radius 3 is 2.88 bits per heavy atom. The molecule has 0 aliphatic carbocycles. The molecule has 0 bridgehead atoms. The lowest BCUT2D eigenvalue weighted by Crippen LogP contribution is -2.07. The lowest BCUT2D eigenvalue weighted by atomic mass is 10.1. The predicted molar refractivity (Wildman–Crippen MR) is 62.1 cm³/mol. The number of carboxylic acids is 1. The summed E-state index contributed by atoms with van der Waals surface area (Å²) in [7, 11) is 0. The van der Waals surface area contributed by atoms with Crippen molar-refractivity contribution in [3.05, 3.63) is 41.7 Å². The molecule has 1 heterocycles. The van der Waals surface area contributed by atoms with Gasteiger partial charge in [0.2, 0.25) is 0 Å². The number of hydrogen-bond acceptors (Lipinski definition) is 3. The van der Waals surface area contributed by atoms with E-state index in [0.29, 0.717) is 5.69 Å². The fourth-order valence-electron chi connectivity index (χ4n) is 1.50. The second kappa shape index (κ2) is 4.37. The van der Waals surface area contributed by atoms with Gasteiger partial charge in [-0.1, -0.05) is 17.3 Å². The first kappa shape index (κ1) is 11.3. The molecule has 1 N–H and O–H groups in total. The topological polar surface area (TPSA) is 68.0 Å². The summed E-state index contributed by atoms with van der Waals surface area (Å²) in [6.45, 7) is 3.58. The van der Waals surface area contributed by atoms with E-state index < -0.39 is 11.9 Å². The number of benzene rings is 1. The molecule has 0 saturated carbocycles. The zero-order valence-corrected chi connectivity index (χ0v) is 9.66. The van der Waals surface area contributed by atoms with E-state index in [0.717, 1.165) is 11.3 Å². The van der Waals surface area contributed by atoms with Crippen LogP contribution in [-0.4, -0.2) is 26.1 Å². The summed E-state index contributed by atoms with van der Waals surface area (Å²) in [5.41, 5.74) is 2.45. The second-order valence-corrected chi connectivity index (χ2v) is 3.99. The van der Waals surface area contributed by atoms with Crippen LogP contribution in [0.15, 0.2) is 30.5 Å². The van der Waals surface area contributed by atoms with Gasteiger partial charge in [-0.05, 0) is 31.5 Å². The van der Waals surface area contributed by atoms with Gasteiger partial charge in [-0.15, -0.1) is 5.10 Å². The van der Waals surface area contributed by atoms with Gasteiger partial charge >= 0.3 is 5.97 Å². The molecule has 1 atom stereocenters. The molecule has 17 heavy (non-hydrogen) atoms. The minimum absolute atomic E-state index is 0.457. The molecule has 2 rings (SSSR count). The third-order valence-corrected chi connectivity index (χ3v) is 2.59. The molecule has 0 aliphatic rings. The maximum absolute atomic E-state index is 10.8.